The minimum absolute atomic E-state index is 0.186. The van der Waals surface area contributed by atoms with Crippen molar-refractivity contribution >= 4 is 17.6 Å². The van der Waals surface area contributed by atoms with Gasteiger partial charge in [0.05, 0.1) is 6.61 Å². The summed E-state index contributed by atoms with van der Waals surface area (Å²) in [6, 6.07) is 13.4. The van der Waals surface area contributed by atoms with E-state index >= 15 is 0 Å². The van der Waals surface area contributed by atoms with Crippen LogP contribution >= 0.6 is 0 Å². The molecule has 2 aromatic rings. The van der Waals surface area contributed by atoms with Crippen LogP contribution in [0.25, 0.3) is 0 Å². The van der Waals surface area contributed by atoms with Crippen molar-refractivity contribution < 1.29 is 19.1 Å². The lowest BCUT2D eigenvalue weighted by Crippen LogP contribution is -2.30. The number of benzene rings is 2. The topological polar surface area (TPSA) is 64.6 Å². The molecule has 1 N–H and O–H groups in total. The molecule has 2 rings (SSSR count). The smallest absolute Gasteiger partial charge is 0.306 e. The number of hydrogen-bond acceptors (Lipinski definition) is 4. The van der Waals surface area contributed by atoms with Gasteiger partial charge in [0.15, 0.2) is 6.10 Å². The second-order valence-corrected chi connectivity index (χ2v) is 6.48. The molecule has 0 aromatic heterocycles. The monoisotopic (exact) mass is 369 g/mol. The molecule has 5 nitrogen and oxygen atoms in total. The van der Waals surface area contributed by atoms with E-state index in [-0.39, 0.29) is 12.3 Å². The van der Waals surface area contributed by atoms with E-state index in [4.69, 9.17) is 9.47 Å². The molecule has 0 unspecified atom stereocenters. The highest BCUT2D eigenvalue weighted by molar-refractivity contribution is 5.95. The van der Waals surface area contributed by atoms with Crippen LogP contribution in [0.4, 0.5) is 5.69 Å². The first-order chi connectivity index (χ1) is 12.9. The van der Waals surface area contributed by atoms with Gasteiger partial charge in [0.2, 0.25) is 0 Å². The maximum Gasteiger partial charge on any atom is 0.306 e. The van der Waals surface area contributed by atoms with Crippen molar-refractivity contribution in [2.45, 2.75) is 46.6 Å². The molecular weight excluding hydrogens is 342 g/mol. The van der Waals surface area contributed by atoms with Crippen LogP contribution in [0, 0.1) is 13.8 Å². The Kier molecular flexibility index (Phi) is 7.41. The highest BCUT2D eigenvalue weighted by Gasteiger charge is 2.19. The molecule has 0 saturated carbocycles. The normalized spacial score (nSPS) is 11.6. The molecular formula is C22H27NO4. The van der Waals surface area contributed by atoms with E-state index in [9.17, 15) is 9.59 Å². The molecule has 0 bridgehead atoms. The quantitative estimate of drug-likeness (QED) is 0.708. The Morgan fingerprint density at radius 2 is 1.85 bits per heavy atom. The van der Waals surface area contributed by atoms with Crippen molar-refractivity contribution in [3.8, 4) is 5.75 Å². The number of nitrogens with one attached hydrogen (secondary N) is 1. The van der Waals surface area contributed by atoms with Gasteiger partial charge in [-0.15, -0.1) is 0 Å². The van der Waals surface area contributed by atoms with Gasteiger partial charge in [-0.3, -0.25) is 9.59 Å². The Balaban J connectivity index is 1.88. The molecule has 1 atom stereocenters. The van der Waals surface area contributed by atoms with Crippen LogP contribution in [0.15, 0.2) is 42.5 Å². The fourth-order valence-electron chi connectivity index (χ4n) is 2.66. The molecule has 1 amide bonds. The van der Waals surface area contributed by atoms with Gasteiger partial charge in [-0.2, -0.15) is 0 Å². The standard InChI is InChI=1S/C22H27NO4/c1-5-26-20-9-7-6-8-18(20)12-13-21(24)27-17(4)22(25)23-19-14-15(2)10-11-16(19)3/h6-11,14,17H,5,12-13H2,1-4H3,(H,23,25)/t17-/m1/s1. The fraction of sp³-hybridized carbons (Fsp3) is 0.364. The Bertz CT molecular complexity index is 801. The van der Waals surface area contributed by atoms with Crippen molar-refractivity contribution in [3.05, 3.63) is 59.2 Å². The number of anilines is 1. The van der Waals surface area contributed by atoms with Crippen LogP contribution in [0.3, 0.4) is 0 Å². The number of esters is 1. The molecule has 0 aliphatic carbocycles. The first-order valence-electron chi connectivity index (χ1n) is 9.19. The Morgan fingerprint density at radius 3 is 2.59 bits per heavy atom. The van der Waals surface area contributed by atoms with Crippen LogP contribution in [0.5, 0.6) is 5.75 Å². The number of aryl methyl sites for hydroxylation is 3. The van der Waals surface area contributed by atoms with Crippen LogP contribution < -0.4 is 10.1 Å². The predicted octanol–water partition coefficient (Wildman–Crippen LogP) is 4.21. The second kappa shape index (κ2) is 9.76. The van der Waals surface area contributed by atoms with Crippen molar-refractivity contribution in [1.29, 1.82) is 0 Å². The van der Waals surface area contributed by atoms with Gasteiger partial charge in [-0.05, 0) is 62.9 Å². The number of carbonyl (C=O) groups is 2. The SMILES string of the molecule is CCOc1ccccc1CCC(=O)O[C@H](C)C(=O)Nc1cc(C)ccc1C. The van der Waals surface area contributed by atoms with Gasteiger partial charge < -0.3 is 14.8 Å². The van der Waals surface area contributed by atoms with Gasteiger partial charge in [0, 0.05) is 12.1 Å². The molecule has 2 aromatic carbocycles. The van der Waals surface area contributed by atoms with Crippen molar-refractivity contribution in [2.75, 3.05) is 11.9 Å². The fourth-order valence-corrected chi connectivity index (χ4v) is 2.66. The van der Waals surface area contributed by atoms with Crippen LogP contribution in [-0.2, 0) is 20.7 Å². The first kappa shape index (κ1) is 20.5. The zero-order valence-corrected chi connectivity index (χ0v) is 16.4. The maximum atomic E-state index is 12.3. The second-order valence-electron chi connectivity index (χ2n) is 6.48. The molecule has 0 radical (unpaired) electrons. The zero-order valence-electron chi connectivity index (χ0n) is 16.4. The first-order valence-corrected chi connectivity index (χ1v) is 9.19. The van der Waals surface area contributed by atoms with E-state index in [0.717, 1.165) is 28.1 Å². The highest BCUT2D eigenvalue weighted by atomic mass is 16.5. The number of rotatable bonds is 8. The van der Waals surface area contributed by atoms with Crippen LogP contribution in [-0.4, -0.2) is 24.6 Å². The summed E-state index contributed by atoms with van der Waals surface area (Å²) in [5.41, 5.74) is 3.69. The number of para-hydroxylation sites is 1. The van der Waals surface area contributed by atoms with E-state index in [2.05, 4.69) is 5.32 Å². The number of amides is 1. The van der Waals surface area contributed by atoms with Gasteiger partial charge in [0.25, 0.3) is 5.91 Å². The minimum Gasteiger partial charge on any atom is -0.494 e. The van der Waals surface area contributed by atoms with E-state index in [1.54, 1.807) is 6.92 Å². The van der Waals surface area contributed by atoms with Crippen molar-refractivity contribution in [1.82, 2.24) is 0 Å². The van der Waals surface area contributed by atoms with E-state index in [1.807, 2.05) is 63.2 Å². The van der Waals surface area contributed by atoms with Crippen molar-refractivity contribution in [3.63, 3.8) is 0 Å². The number of ether oxygens (including phenoxy) is 2. The average molecular weight is 369 g/mol. The molecule has 0 aliphatic rings. The van der Waals surface area contributed by atoms with Crippen LogP contribution in [0.1, 0.15) is 37.0 Å². The summed E-state index contributed by atoms with van der Waals surface area (Å²) in [5.74, 6) is 0.0187. The summed E-state index contributed by atoms with van der Waals surface area (Å²) in [6.45, 7) is 7.94. The third-order valence-electron chi connectivity index (χ3n) is 4.20. The lowest BCUT2D eigenvalue weighted by atomic mass is 10.1. The maximum absolute atomic E-state index is 12.3. The lowest BCUT2D eigenvalue weighted by Gasteiger charge is -2.15. The minimum atomic E-state index is -0.862. The van der Waals surface area contributed by atoms with E-state index in [0.29, 0.717) is 13.0 Å². The summed E-state index contributed by atoms with van der Waals surface area (Å²) in [7, 11) is 0. The third kappa shape index (κ3) is 6.13. The van der Waals surface area contributed by atoms with E-state index < -0.39 is 12.1 Å². The third-order valence-corrected chi connectivity index (χ3v) is 4.20. The van der Waals surface area contributed by atoms with Gasteiger partial charge in [0.1, 0.15) is 5.75 Å². The Labute approximate surface area is 160 Å². The molecule has 0 fully saturated rings. The molecule has 0 saturated heterocycles. The van der Waals surface area contributed by atoms with Gasteiger partial charge in [-0.1, -0.05) is 30.3 Å². The summed E-state index contributed by atoms with van der Waals surface area (Å²) in [5, 5.41) is 2.82. The average Bonchev–Trinajstić information content (AvgIpc) is 2.64. The molecule has 5 heteroatoms. The van der Waals surface area contributed by atoms with Crippen molar-refractivity contribution in [2.24, 2.45) is 0 Å². The molecule has 0 spiro atoms. The molecule has 0 aliphatic heterocycles. The summed E-state index contributed by atoms with van der Waals surface area (Å²) in [6.07, 6.45) is -0.176. The Hall–Kier alpha value is -2.82. The number of hydrogen-bond donors (Lipinski definition) is 1. The van der Waals surface area contributed by atoms with Gasteiger partial charge >= 0.3 is 5.97 Å². The zero-order chi connectivity index (χ0) is 19.8. The molecule has 144 valence electrons. The van der Waals surface area contributed by atoms with Crippen LogP contribution in [0.2, 0.25) is 0 Å². The summed E-state index contributed by atoms with van der Waals surface area (Å²) in [4.78, 5) is 24.4. The predicted molar refractivity (Wildman–Crippen MR) is 106 cm³/mol. The molecule has 0 heterocycles. The number of carbonyl (C=O) groups excluding carboxylic acids is 2. The molecule has 27 heavy (non-hydrogen) atoms. The largest absolute Gasteiger partial charge is 0.494 e. The van der Waals surface area contributed by atoms with E-state index in [1.165, 1.54) is 0 Å². The lowest BCUT2D eigenvalue weighted by molar-refractivity contribution is -0.153. The highest BCUT2D eigenvalue weighted by Crippen LogP contribution is 2.20. The summed E-state index contributed by atoms with van der Waals surface area (Å²) >= 11 is 0. The van der Waals surface area contributed by atoms with Gasteiger partial charge in [-0.25, -0.2) is 0 Å². The Morgan fingerprint density at radius 1 is 1.11 bits per heavy atom. The summed E-state index contributed by atoms with van der Waals surface area (Å²) < 4.78 is 10.8.